The molecular weight excluding hydrogens is 201 g/mol. The third-order valence-electron chi connectivity index (χ3n) is 1.49. The summed E-state index contributed by atoms with van der Waals surface area (Å²) in [6, 6.07) is 0.675. The molecule has 1 unspecified atom stereocenters. The van der Waals surface area contributed by atoms with Crippen molar-refractivity contribution in [1.29, 1.82) is 0 Å². The van der Waals surface area contributed by atoms with Gasteiger partial charge in [-0.15, -0.1) is 0 Å². The van der Waals surface area contributed by atoms with Crippen LogP contribution in [-0.4, -0.2) is 42.9 Å². The van der Waals surface area contributed by atoms with Crippen LogP contribution in [0.4, 0.5) is 13.2 Å². The molecule has 3 N–H and O–H groups in total. The van der Waals surface area contributed by atoms with E-state index in [-0.39, 0.29) is 0 Å². The molecule has 7 heteroatoms. The van der Waals surface area contributed by atoms with E-state index in [1.165, 1.54) is 0 Å². The van der Waals surface area contributed by atoms with E-state index in [1.54, 1.807) is 0 Å². The van der Waals surface area contributed by atoms with Gasteiger partial charge in [-0.05, 0) is 6.92 Å². The fourth-order valence-electron chi connectivity index (χ4n) is 0.798. The molecule has 84 valence electrons. The van der Waals surface area contributed by atoms with Gasteiger partial charge in [0.1, 0.15) is 0 Å². The number of carboxylic acids is 1. The molecule has 1 aliphatic heterocycles. The molecule has 0 aromatic carbocycles. The molecule has 0 saturated carbocycles. The predicted octanol–water partition coefficient (Wildman–Crippen LogP) is 0.201. The molecule has 0 spiro atoms. The molecule has 1 rings (SSSR count). The molecule has 0 bridgehead atoms. The van der Waals surface area contributed by atoms with Gasteiger partial charge in [0.25, 0.3) is 0 Å². The number of aliphatic carboxylic acids is 1. The van der Waals surface area contributed by atoms with Crippen molar-refractivity contribution in [3.05, 3.63) is 0 Å². The Balaban J connectivity index is 0.000000241. The lowest BCUT2D eigenvalue weighted by molar-refractivity contribution is -0.192. The third kappa shape index (κ3) is 6.67. The highest BCUT2D eigenvalue weighted by molar-refractivity contribution is 5.73. The average Bonchev–Trinajstić information content (AvgIpc) is 2.04. The van der Waals surface area contributed by atoms with Crippen LogP contribution in [0.1, 0.15) is 6.92 Å². The highest BCUT2D eigenvalue weighted by Crippen LogP contribution is 2.13. The van der Waals surface area contributed by atoms with Crippen molar-refractivity contribution >= 4 is 5.97 Å². The molecule has 1 atom stereocenters. The fourth-order valence-corrected chi connectivity index (χ4v) is 0.798. The molecule has 4 nitrogen and oxygen atoms in total. The van der Waals surface area contributed by atoms with Gasteiger partial charge in [-0.1, -0.05) is 0 Å². The van der Waals surface area contributed by atoms with Crippen LogP contribution in [0.3, 0.4) is 0 Å². The van der Waals surface area contributed by atoms with E-state index in [4.69, 9.17) is 9.90 Å². The van der Waals surface area contributed by atoms with Crippen LogP contribution in [-0.2, 0) is 4.79 Å². The minimum Gasteiger partial charge on any atom is -0.475 e. The first kappa shape index (κ1) is 13.2. The molecular formula is C7H13F3N2O2. The van der Waals surface area contributed by atoms with Gasteiger partial charge in [-0.2, -0.15) is 13.2 Å². The number of alkyl halides is 3. The number of piperazine rings is 1. The van der Waals surface area contributed by atoms with Gasteiger partial charge >= 0.3 is 12.1 Å². The zero-order valence-electron chi connectivity index (χ0n) is 7.69. The van der Waals surface area contributed by atoms with Crippen LogP contribution in [0.15, 0.2) is 0 Å². The summed E-state index contributed by atoms with van der Waals surface area (Å²) in [5.74, 6) is -2.76. The Morgan fingerprint density at radius 3 is 2.07 bits per heavy atom. The lowest BCUT2D eigenvalue weighted by atomic mass is 10.3. The molecule has 1 aliphatic rings. The van der Waals surface area contributed by atoms with Crippen LogP contribution < -0.4 is 10.6 Å². The molecule has 0 aliphatic carbocycles. The second-order valence-electron chi connectivity index (χ2n) is 2.86. The van der Waals surface area contributed by atoms with Crippen molar-refractivity contribution in [1.82, 2.24) is 10.6 Å². The fraction of sp³-hybridized carbons (Fsp3) is 0.857. The smallest absolute Gasteiger partial charge is 0.475 e. The first-order chi connectivity index (χ1) is 6.34. The Labute approximate surface area is 79.5 Å². The highest BCUT2D eigenvalue weighted by atomic mass is 19.4. The molecule has 0 amide bonds. The highest BCUT2D eigenvalue weighted by Gasteiger charge is 2.38. The number of carbonyl (C=O) groups is 1. The number of halogens is 3. The van der Waals surface area contributed by atoms with Crippen LogP contribution in [0, 0.1) is 0 Å². The lowest BCUT2D eigenvalue weighted by Crippen LogP contribution is -2.46. The number of carboxylic acid groups (broad SMARTS) is 1. The monoisotopic (exact) mass is 214 g/mol. The van der Waals surface area contributed by atoms with Crippen LogP contribution in [0.25, 0.3) is 0 Å². The van der Waals surface area contributed by atoms with Crippen molar-refractivity contribution < 1.29 is 23.1 Å². The quantitative estimate of drug-likeness (QED) is 0.539. The van der Waals surface area contributed by atoms with Gasteiger partial charge in [0.2, 0.25) is 0 Å². The molecule has 0 aromatic heterocycles. The van der Waals surface area contributed by atoms with Crippen molar-refractivity contribution in [2.24, 2.45) is 0 Å². The second-order valence-corrected chi connectivity index (χ2v) is 2.86. The van der Waals surface area contributed by atoms with Crippen LogP contribution >= 0.6 is 0 Å². The van der Waals surface area contributed by atoms with Crippen molar-refractivity contribution in [3.8, 4) is 0 Å². The summed E-state index contributed by atoms with van der Waals surface area (Å²) in [5.41, 5.74) is 0. The van der Waals surface area contributed by atoms with Crippen LogP contribution in [0.5, 0.6) is 0 Å². The Kier molecular flexibility index (Phi) is 5.47. The van der Waals surface area contributed by atoms with Gasteiger partial charge < -0.3 is 15.7 Å². The van der Waals surface area contributed by atoms with Gasteiger partial charge in [0.15, 0.2) is 0 Å². The standard InChI is InChI=1S/C5H12N2.C2HF3O2/c1-5-4-6-2-3-7-5;3-2(4,5)1(6)7/h5-7H,2-4H2,1H3;(H,6,7). The third-order valence-corrected chi connectivity index (χ3v) is 1.49. The maximum atomic E-state index is 10.6. The first-order valence-electron chi connectivity index (χ1n) is 4.08. The number of hydrogen-bond donors (Lipinski definition) is 3. The number of nitrogens with one attached hydrogen (secondary N) is 2. The molecule has 1 saturated heterocycles. The topological polar surface area (TPSA) is 61.4 Å². The summed E-state index contributed by atoms with van der Waals surface area (Å²) in [4.78, 5) is 8.90. The van der Waals surface area contributed by atoms with Gasteiger partial charge in [-0.25, -0.2) is 4.79 Å². The van der Waals surface area contributed by atoms with E-state index in [2.05, 4.69) is 17.6 Å². The second kappa shape index (κ2) is 5.82. The maximum absolute atomic E-state index is 10.6. The molecule has 0 radical (unpaired) electrons. The SMILES string of the molecule is CC1CNCCN1.O=C(O)C(F)(F)F. The van der Waals surface area contributed by atoms with Crippen molar-refractivity contribution in [2.75, 3.05) is 19.6 Å². The lowest BCUT2D eigenvalue weighted by Gasteiger charge is -2.19. The number of rotatable bonds is 0. The molecule has 14 heavy (non-hydrogen) atoms. The minimum atomic E-state index is -5.08. The molecule has 1 heterocycles. The Morgan fingerprint density at radius 1 is 1.43 bits per heavy atom. The Hall–Kier alpha value is -0.820. The van der Waals surface area contributed by atoms with Crippen LogP contribution in [0.2, 0.25) is 0 Å². The summed E-state index contributed by atoms with van der Waals surface area (Å²) in [6.07, 6.45) is -5.08. The molecule has 0 aromatic rings. The summed E-state index contributed by atoms with van der Waals surface area (Å²) in [7, 11) is 0. The Bertz CT molecular complexity index is 178. The predicted molar refractivity (Wildman–Crippen MR) is 44.0 cm³/mol. The van der Waals surface area contributed by atoms with E-state index < -0.39 is 12.1 Å². The molecule has 1 fully saturated rings. The van der Waals surface area contributed by atoms with E-state index in [0.29, 0.717) is 6.04 Å². The van der Waals surface area contributed by atoms with Crippen molar-refractivity contribution in [3.63, 3.8) is 0 Å². The zero-order chi connectivity index (χ0) is 11.2. The summed E-state index contributed by atoms with van der Waals surface area (Å²) in [5, 5.41) is 13.7. The van der Waals surface area contributed by atoms with E-state index in [1.807, 2.05) is 0 Å². The van der Waals surface area contributed by atoms with Crippen molar-refractivity contribution in [2.45, 2.75) is 19.1 Å². The summed E-state index contributed by atoms with van der Waals surface area (Å²) < 4.78 is 31.7. The zero-order valence-corrected chi connectivity index (χ0v) is 7.69. The van der Waals surface area contributed by atoms with Gasteiger partial charge in [0.05, 0.1) is 0 Å². The maximum Gasteiger partial charge on any atom is 0.490 e. The van der Waals surface area contributed by atoms with E-state index in [0.717, 1.165) is 19.6 Å². The van der Waals surface area contributed by atoms with Gasteiger partial charge in [0, 0.05) is 25.7 Å². The van der Waals surface area contributed by atoms with E-state index in [9.17, 15) is 13.2 Å². The largest absolute Gasteiger partial charge is 0.490 e. The summed E-state index contributed by atoms with van der Waals surface area (Å²) in [6.45, 7) is 5.57. The average molecular weight is 214 g/mol. The Morgan fingerprint density at radius 2 is 1.93 bits per heavy atom. The minimum absolute atomic E-state index is 0.675. The summed E-state index contributed by atoms with van der Waals surface area (Å²) >= 11 is 0. The van der Waals surface area contributed by atoms with E-state index >= 15 is 0 Å². The normalized spacial score (nSPS) is 22.1. The number of hydrogen-bond acceptors (Lipinski definition) is 3. The van der Waals surface area contributed by atoms with Gasteiger partial charge in [-0.3, -0.25) is 0 Å². The first-order valence-corrected chi connectivity index (χ1v) is 4.08.